The number of aryl methyl sites for hydroxylation is 3. The third-order valence-corrected chi connectivity index (χ3v) is 4.36. The first-order valence-corrected chi connectivity index (χ1v) is 8.89. The molecule has 0 amide bonds. The Balaban J connectivity index is 1.86. The first-order valence-electron chi connectivity index (χ1n) is 8.89. The van der Waals surface area contributed by atoms with Gasteiger partial charge in [0, 0.05) is 17.5 Å². The summed E-state index contributed by atoms with van der Waals surface area (Å²) in [6.45, 7) is 7.41. The van der Waals surface area contributed by atoms with Crippen molar-refractivity contribution < 1.29 is 18.7 Å². The van der Waals surface area contributed by atoms with Crippen molar-refractivity contribution >= 4 is 16.9 Å². The maximum absolute atomic E-state index is 12.5. The van der Waals surface area contributed by atoms with Crippen molar-refractivity contribution in [2.45, 2.75) is 40.2 Å². The van der Waals surface area contributed by atoms with Gasteiger partial charge in [0.15, 0.2) is 6.10 Å². The molecule has 2 aromatic carbocycles. The number of carbonyl (C=O) groups excluding carboxylic acids is 1. The van der Waals surface area contributed by atoms with Crippen LogP contribution in [0.1, 0.15) is 30.5 Å². The predicted octanol–water partition coefficient (Wildman–Crippen LogP) is 4.35. The molecule has 0 saturated carbocycles. The van der Waals surface area contributed by atoms with Gasteiger partial charge in [-0.25, -0.2) is 9.59 Å². The molecule has 0 saturated heterocycles. The molecule has 3 aromatic rings. The molecule has 0 spiro atoms. The van der Waals surface area contributed by atoms with E-state index in [0.29, 0.717) is 23.5 Å². The van der Waals surface area contributed by atoms with E-state index in [1.165, 1.54) is 6.07 Å². The third kappa shape index (κ3) is 4.19. The van der Waals surface area contributed by atoms with Crippen LogP contribution in [0, 0.1) is 13.8 Å². The molecular weight excluding hydrogens is 344 g/mol. The fourth-order valence-electron chi connectivity index (χ4n) is 2.89. The van der Waals surface area contributed by atoms with Crippen LogP contribution in [0.3, 0.4) is 0 Å². The molecule has 0 aliphatic rings. The van der Waals surface area contributed by atoms with Crippen molar-refractivity contribution in [3.05, 3.63) is 69.6 Å². The van der Waals surface area contributed by atoms with Gasteiger partial charge >= 0.3 is 11.6 Å². The summed E-state index contributed by atoms with van der Waals surface area (Å²) in [5.74, 6) is 0.472. The van der Waals surface area contributed by atoms with Crippen molar-refractivity contribution in [3.8, 4) is 11.5 Å². The van der Waals surface area contributed by atoms with E-state index in [0.717, 1.165) is 22.1 Å². The van der Waals surface area contributed by atoms with Crippen LogP contribution in [0.2, 0.25) is 0 Å². The number of ether oxygens (including phenoxy) is 2. The first kappa shape index (κ1) is 18.7. The molecule has 27 heavy (non-hydrogen) atoms. The Morgan fingerprint density at radius 2 is 1.93 bits per heavy atom. The second-order valence-electron chi connectivity index (χ2n) is 6.56. The molecule has 1 aromatic heterocycles. The highest BCUT2D eigenvalue weighted by Crippen LogP contribution is 2.28. The number of fused-ring (bicyclic) bond motifs is 1. The first-order chi connectivity index (χ1) is 12.9. The van der Waals surface area contributed by atoms with E-state index in [1.54, 1.807) is 19.1 Å². The molecule has 1 atom stereocenters. The monoisotopic (exact) mass is 366 g/mol. The van der Waals surface area contributed by atoms with Crippen LogP contribution < -0.4 is 15.1 Å². The summed E-state index contributed by atoms with van der Waals surface area (Å²) in [6.07, 6.45) is -0.110. The molecule has 5 nitrogen and oxygen atoms in total. The van der Waals surface area contributed by atoms with Crippen LogP contribution in [0.4, 0.5) is 0 Å². The topological polar surface area (TPSA) is 65.7 Å². The average Bonchev–Trinajstić information content (AvgIpc) is 2.61. The van der Waals surface area contributed by atoms with Crippen molar-refractivity contribution in [2.24, 2.45) is 0 Å². The lowest BCUT2D eigenvalue weighted by Crippen LogP contribution is -2.28. The summed E-state index contributed by atoms with van der Waals surface area (Å²) in [7, 11) is 0. The van der Waals surface area contributed by atoms with E-state index in [1.807, 2.05) is 45.0 Å². The highest BCUT2D eigenvalue weighted by molar-refractivity contribution is 5.84. The van der Waals surface area contributed by atoms with Crippen molar-refractivity contribution in [2.75, 3.05) is 0 Å². The van der Waals surface area contributed by atoms with Crippen LogP contribution >= 0.6 is 0 Å². The smallest absolute Gasteiger partial charge is 0.352 e. The van der Waals surface area contributed by atoms with Gasteiger partial charge in [0.1, 0.15) is 17.1 Å². The Hall–Kier alpha value is -3.08. The molecule has 0 fully saturated rings. The lowest BCUT2D eigenvalue weighted by atomic mass is 10.1. The molecule has 0 radical (unpaired) electrons. The van der Waals surface area contributed by atoms with Gasteiger partial charge in [-0.1, -0.05) is 19.1 Å². The van der Waals surface area contributed by atoms with E-state index >= 15 is 0 Å². The summed E-state index contributed by atoms with van der Waals surface area (Å²) < 4.78 is 16.5. The van der Waals surface area contributed by atoms with Crippen LogP contribution in [0.25, 0.3) is 11.0 Å². The zero-order valence-corrected chi connectivity index (χ0v) is 15.9. The molecular formula is C22H22O5. The van der Waals surface area contributed by atoms with Gasteiger partial charge in [-0.05, 0) is 62.1 Å². The molecule has 0 aliphatic carbocycles. The second kappa shape index (κ2) is 7.66. The summed E-state index contributed by atoms with van der Waals surface area (Å²) >= 11 is 0. The number of esters is 1. The standard InChI is InChI=1S/C22H22O5/c1-5-16-11-18-14(3)10-21(23)26-20(18)12-19(16)27-22(24)15(4)25-17-8-6-7-13(2)9-17/h6-12,15H,5H2,1-4H3/t15-/m0/s1. The number of hydrogen-bond acceptors (Lipinski definition) is 5. The van der Waals surface area contributed by atoms with Crippen molar-refractivity contribution in [1.82, 2.24) is 0 Å². The molecule has 3 rings (SSSR count). The minimum absolute atomic E-state index is 0.378. The number of hydrogen-bond donors (Lipinski definition) is 0. The highest BCUT2D eigenvalue weighted by Gasteiger charge is 2.20. The SMILES string of the molecule is CCc1cc2c(C)cc(=O)oc2cc1OC(=O)[C@H](C)Oc1cccc(C)c1. The van der Waals surface area contributed by atoms with Crippen LogP contribution in [0.5, 0.6) is 11.5 Å². The lowest BCUT2D eigenvalue weighted by Gasteiger charge is -2.16. The van der Waals surface area contributed by atoms with Gasteiger partial charge in [-0.15, -0.1) is 0 Å². The fourth-order valence-corrected chi connectivity index (χ4v) is 2.89. The molecule has 0 aliphatic heterocycles. The Bertz CT molecular complexity index is 1050. The molecule has 1 heterocycles. The molecule has 140 valence electrons. The molecule has 0 unspecified atom stereocenters. The van der Waals surface area contributed by atoms with Crippen LogP contribution in [0.15, 0.2) is 51.7 Å². The number of carbonyl (C=O) groups is 1. The van der Waals surface area contributed by atoms with E-state index < -0.39 is 17.7 Å². The summed E-state index contributed by atoms with van der Waals surface area (Å²) in [5.41, 5.74) is 2.69. The van der Waals surface area contributed by atoms with Gasteiger partial charge in [0.05, 0.1) is 0 Å². The zero-order chi connectivity index (χ0) is 19.6. The zero-order valence-electron chi connectivity index (χ0n) is 15.9. The van der Waals surface area contributed by atoms with Crippen LogP contribution in [-0.4, -0.2) is 12.1 Å². The molecule has 5 heteroatoms. The maximum Gasteiger partial charge on any atom is 0.352 e. The summed E-state index contributed by atoms with van der Waals surface area (Å²) in [6, 6.07) is 12.4. The van der Waals surface area contributed by atoms with Gasteiger partial charge in [0.2, 0.25) is 0 Å². The third-order valence-electron chi connectivity index (χ3n) is 4.36. The van der Waals surface area contributed by atoms with E-state index in [9.17, 15) is 9.59 Å². The second-order valence-corrected chi connectivity index (χ2v) is 6.56. The maximum atomic E-state index is 12.5. The van der Waals surface area contributed by atoms with E-state index in [2.05, 4.69) is 0 Å². The van der Waals surface area contributed by atoms with Gasteiger partial charge in [-0.3, -0.25) is 0 Å². The lowest BCUT2D eigenvalue weighted by molar-refractivity contribution is -0.141. The minimum atomic E-state index is -0.781. The van der Waals surface area contributed by atoms with Crippen LogP contribution in [-0.2, 0) is 11.2 Å². The molecule has 0 N–H and O–H groups in total. The van der Waals surface area contributed by atoms with Crippen molar-refractivity contribution in [3.63, 3.8) is 0 Å². The number of benzene rings is 2. The van der Waals surface area contributed by atoms with Crippen molar-refractivity contribution in [1.29, 1.82) is 0 Å². The Labute approximate surface area is 157 Å². The number of rotatable bonds is 5. The Morgan fingerprint density at radius 3 is 2.63 bits per heavy atom. The largest absolute Gasteiger partial charge is 0.479 e. The van der Waals surface area contributed by atoms with Gasteiger partial charge in [0.25, 0.3) is 0 Å². The average molecular weight is 366 g/mol. The summed E-state index contributed by atoms with van der Waals surface area (Å²) in [5, 5.41) is 0.829. The normalized spacial score (nSPS) is 12.0. The molecule has 0 bridgehead atoms. The van der Waals surface area contributed by atoms with E-state index in [-0.39, 0.29) is 0 Å². The fraction of sp³-hybridized carbons (Fsp3) is 0.273. The quantitative estimate of drug-likeness (QED) is 0.382. The van der Waals surface area contributed by atoms with Gasteiger partial charge in [-0.2, -0.15) is 0 Å². The Kier molecular flexibility index (Phi) is 5.31. The summed E-state index contributed by atoms with van der Waals surface area (Å²) in [4.78, 5) is 24.1. The van der Waals surface area contributed by atoms with Gasteiger partial charge < -0.3 is 13.9 Å². The Morgan fingerprint density at radius 1 is 1.15 bits per heavy atom. The minimum Gasteiger partial charge on any atom is -0.479 e. The van der Waals surface area contributed by atoms with E-state index in [4.69, 9.17) is 13.9 Å². The highest BCUT2D eigenvalue weighted by atomic mass is 16.6. The predicted molar refractivity (Wildman–Crippen MR) is 104 cm³/mol.